The van der Waals surface area contributed by atoms with Gasteiger partial charge in [-0.2, -0.15) is 0 Å². The molecule has 0 radical (unpaired) electrons. The Labute approximate surface area is 139 Å². The second kappa shape index (κ2) is 7.04. The largest absolute Gasteiger partial charge is 0.508 e. The number of hydrogen-bond donors (Lipinski definition) is 1. The maximum atomic E-state index is 9.60. The highest BCUT2D eigenvalue weighted by molar-refractivity contribution is 5.82. The fourth-order valence-corrected chi connectivity index (χ4v) is 3.47. The molecule has 2 aromatic carbocycles. The predicted molar refractivity (Wildman–Crippen MR) is 97.7 cm³/mol. The van der Waals surface area contributed by atoms with Crippen LogP contribution in [0, 0.1) is 0 Å². The van der Waals surface area contributed by atoms with Crippen LogP contribution in [0.15, 0.2) is 54.1 Å². The Kier molecular flexibility index (Phi) is 4.85. The summed E-state index contributed by atoms with van der Waals surface area (Å²) in [5.74, 6) is 0.889. The van der Waals surface area contributed by atoms with Gasteiger partial charge < -0.3 is 5.11 Å². The van der Waals surface area contributed by atoms with Gasteiger partial charge in [-0.05, 0) is 66.0 Å². The summed E-state index contributed by atoms with van der Waals surface area (Å²) >= 11 is 0. The molecule has 1 nitrogen and oxygen atoms in total. The lowest BCUT2D eigenvalue weighted by molar-refractivity contribution is 0.475. The van der Waals surface area contributed by atoms with Crippen molar-refractivity contribution in [2.45, 2.75) is 51.9 Å². The molecule has 0 atom stereocenters. The Hall–Kier alpha value is -2.02. The van der Waals surface area contributed by atoms with Crippen molar-refractivity contribution in [1.29, 1.82) is 0 Å². The summed E-state index contributed by atoms with van der Waals surface area (Å²) in [5, 5.41) is 9.60. The Morgan fingerprint density at radius 2 is 1.30 bits per heavy atom. The molecule has 3 rings (SSSR count). The van der Waals surface area contributed by atoms with Gasteiger partial charge in [0.15, 0.2) is 0 Å². The predicted octanol–water partition coefficient (Wildman–Crippen LogP) is 6.28. The molecule has 0 amide bonds. The third-order valence-electron chi connectivity index (χ3n) is 4.83. The lowest BCUT2D eigenvalue weighted by Gasteiger charge is -2.21. The average molecular weight is 306 g/mol. The summed E-state index contributed by atoms with van der Waals surface area (Å²) < 4.78 is 0. The topological polar surface area (TPSA) is 20.2 Å². The van der Waals surface area contributed by atoms with Crippen LogP contribution in [0.5, 0.6) is 5.75 Å². The summed E-state index contributed by atoms with van der Waals surface area (Å²) in [7, 11) is 0. The Bertz CT molecular complexity index is 667. The molecule has 0 bridgehead atoms. The van der Waals surface area contributed by atoms with Crippen molar-refractivity contribution in [2.75, 3.05) is 0 Å². The van der Waals surface area contributed by atoms with Crippen molar-refractivity contribution in [1.82, 2.24) is 0 Å². The quantitative estimate of drug-likeness (QED) is 0.707. The van der Waals surface area contributed by atoms with Crippen LogP contribution >= 0.6 is 0 Å². The lowest BCUT2D eigenvalue weighted by Crippen LogP contribution is -2.00. The van der Waals surface area contributed by atoms with Crippen molar-refractivity contribution < 1.29 is 5.11 Å². The van der Waals surface area contributed by atoms with Gasteiger partial charge in [-0.1, -0.05) is 62.2 Å². The molecule has 1 fully saturated rings. The zero-order valence-corrected chi connectivity index (χ0v) is 14.2. The number of allylic oxidation sites excluding steroid dienone is 1. The highest BCUT2D eigenvalue weighted by Crippen LogP contribution is 2.35. The molecule has 120 valence electrons. The summed E-state index contributed by atoms with van der Waals surface area (Å²) in [4.78, 5) is 0. The maximum absolute atomic E-state index is 9.60. The molecule has 0 aliphatic heterocycles. The normalized spacial score (nSPS) is 15.0. The van der Waals surface area contributed by atoms with Crippen molar-refractivity contribution in [3.8, 4) is 5.75 Å². The summed E-state index contributed by atoms with van der Waals surface area (Å²) in [5.41, 5.74) is 6.85. The number of phenols is 1. The summed E-state index contributed by atoms with van der Waals surface area (Å²) in [6.45, 7) is 4.46. The van der Waals surface area contributed by atoms with Crippen LogP contribution in [-0.4, -0.2) is 5.11 Å². The zero-order valence-electron chi connectivity index (χ0n) is 14.2. The Morgan fingerprint density at radius 3 is 1.83 bits per heavy atom. The first-order valence-electron chi connectivity index (χ1n) is 8.77. The first kappa shape index (κ1) is 15.9. The van der Waals surface area contributed by atoms with Gasteiger partial charge in [0, 0.05) is 0 Å². The standard InChI is InChI=1S/C22H26O/c1-16(2)17-8-10-19(11-9-17)22(18-6-4-3-5-7-18)20-12-14-21(23)15-13-20/h8-16,23H,3-7H2,1-2H3. The lowest BCUT2D eigenvalue weighted by atomic mass is 9.84. The third kappa shape index (κ3) is 3.67. The van der Waals surface area contributed by atoms with E-state index < -0.39 is 0 Å². The second-order valence-electron chi connectivity index (χ2n) is 6.86. The van der Waals surface area contributed by atoms with E-state index in [1.165, 1.54) is 54.4 Å². The molecule has 0 saturated heterocycles. The number of phenolic OH excluding ortho intramolecular Hbond substituents is 1. The van der Waals surface area contributed by atoms with Gasteiger partial charge in [0.05, 0.1) is 0 Å². The van der Waals surface area contributed by atoms with E-state index in [2.05, 4.69) is 38.1 Å². The van der Waals surface area contributed by atoms with E-state index in [0.717, 1.165) is 0 Å². The summed E-state index contributed by atoms with van der Waals surface area (Å²) in [6, 6.07) is 16.7. The fraction of sp³-hybridized carbons (Fsp3) is 0.364. The molecule has 23 heavy (non-hydrogen) atoms. The second-order valence-corrected chi connectivity index (χ2v) is 6.86. The smallest absolute Gasteiger partial charge is 0.115 e. The van der Waals surface area contributed by atoms with Crippen LogP contribution in [-0.2, 0) is 0 Å². The molecule has 1 saturated carbocycles. The first-order valence-corrected chi connectivity index (χ1v) is 8.77. The van der Waals surface area contributed by atoms with E-state index in [-0.39, 0.29) is 0 Å². The minimum atomic E-state index is 0.330. The van der Waals surface area contributed by atoms with Crippen molar-refractivity contribution in [3.63, 3.8) is 0 Å². The fourth-order valence-electron chi connectivity index (χ4n) is 3.47. The van der Waals surface area contributed by atoms with Gasteiger partial charge in [-0.3, -0.25) is 0 Å². The monoisotopic (exact) mass is 306 g/mol. The summed E-state index contributed by atoms with van der Waals surface area (Å²) in [6.07, 6.45) is 6.32. The zero-order chi connectivity index (χ0) is 16.2. The van der Waals surface area contributed by atoms with Gasteiger partial charge in [0.25, 0.3) is 0 Å². The van der Waals surface area contributed by atoms with Gasteiger partial charge in [-0.25, -0.2) is 0 Å². The number of benzene rings is 2. The van der Waals surface area contributed by atoms with Crippen molar-refractivity contribution >= 4 is 5.57 Å². The van der Waals surface area contributed by atoms with Crippen LogP contribution < -0.4 is 0 Å². The van der Waals surface area contributed by atoms with Crippen molar-refractivity contribution in [3.05, 3.63) is 70.8 Å². The minimum Gasteiger partial charge on any atom is -0.508 e. The molecule has 0 spiro atoms. The van der Waals surface area contributed by atoms with E-state index in [9.17, 15) is 5.11 Å². The van der Waals surface area contributed by atoms with Gasteiger partial charge >= 0.3 is 0 Å². The number of aromatic hydroxyl groups is 1. The Morgan fingerprint density at radius 1 is 0.783 bits per heavy atom. The molecule has 1 N–H and O–H groups in total. The first-order chi connectivity index (χ1) is 11.1. The molecular weight excluding hydrogens is 280 g/mol. The Balaban J connectivity index is 2.06. The van der Waals surface area contributed by atoms with Gasteiger partial charge in [0.2, 0.25) is 0 Å². The minimum absolute atomic E-state index is 0.330. The highest BCUT2D eigenvalue weighted by atomic mass is 16.3. The van der Waals surface area contributed by atoms with Crippen LogP contribution in [0.3, 0.4) is 0 Å². The van der Waals surface area contributed by atoms with E-state index in [4.69, 9.17) is 0 Å². The van der Waals surface area contributed by atoms with Crippen LogP contribution in [0.4, 0.5) is 0 Å². The number of rotatable bonds is 3. The van der Waals surface area contributed by atoms with Crippen LogP contribution in [0.2, 0.25) is 0 Å². The maximum Gasteiger partial charge on any atom is 0.115 e. The molecule has 0 aromatic heterocycles. The molecular formula is C22H26O. The van der Waals surface area contributed by atoms with E-state index >= 15 is 0 Å². The highest BCUT2D eigenvalue weighted by Gasteiger charge is 2.15. The molecule has 0 unspecified atom stereocenters. The SMILES string of the molecule is CC(C)c1ccc(C(=C2CCCCC2)c2ccc(O)cc2)cc1. The average Bonchev–Trinajstić information content (AvgIpc) is 2.58. The van der Waals surface area contributed by atoms with Gasteiger partial charge in [0.1, 0.15) is 5.75 Å². The van der Waals surface area contributed by atoms with Crippen molar-refractivity contribution in [2.24, 2.45) is 0 Å². The van der Waals surface area contributed by atoms with E-state index in [0.29, 0.717) is 11.7 Å². The molecule has 2 aromatic rings. The van der Waals surface area contributed by atoms with Crippen LogP contribution in [0.1, 0.15) is 68.6 Å². The van der Waals surface area contributed by atoms with Gasteiger partial charge in [-0.15, -0.1) is 0 Å². The van der Waals surface area contributed by atoms with E-state index in [1.807, 2.05) is 12.1 Å². The molecule has 1 heteroatoms. The third-order valence-corrected chi connectivity index (χ3v) is 4.83. The molecule has 1 aliphatic carbocycles. The molecule has 0 heterocycles. The van der Waals surface area contributed by atoms with Crippen LogP contribution in [0.25, 0.3) is 5.57 Å². The number of hydrogen-bond acceptors (Lipinski definition) is 1. The van der Waals surface area contributed by atoms with E-state index in [1.54, 1.807) is 17.7 Å². The molecule has 1 aliphatic rings.